The molecule has 0 unspecified atom stereocenters. The zero-order valence-corrected chi connectivity index (χ0v) is 11.1. The topological polar surface area (TPSA) is 80.2 Å². The van der Waals surface area contributed by atoms with Gasteiger partial charge in [0.25, 0.3) is 0 Å². The fourth-order valence-corrected chi connectivity index (χ4v) is 3.77. The van der Waals surface area contributed by atoms with Crippen LogP contribution in [0.3, 0.4) is 0 Å². The van der Waals surface area contributed by atoms with Crippen molar-refractivity contribution in [3.8, 4) is 0 Å². The number of halogens is 1. The van der Waals surface area contributed by atoms with E-state index in [1.807, 2.05) is 0 Å². The summed E-state index contributed by atoms with van der Waals surface area (Å²) >= 11 is 5.55. The summed E-state index contributed by atoms with van der Waals surface area (Å²) in [5.74, 6) is -0.394. The SMILES string of the molecule is O=C(CCl)N(c1ncccn1)[C@@H]1CCS(=O)(=O)C1. The van der Waals surface area contributed by atoms with Crippen LogP contribution in [0.1, 0.15) is 6.42 Å². The van der Waals surface area contributed by atoms with E-state index in [2.05, 4.69) is 9.97 Å². The molecule has 1 fully saturated rings. The van der Waals surface area contributed by atoms with Crippen molar-refractivity contribution in [1.29, 1.82) is 0 Å². The van der Waals surface area contributed by atoms with Crippen molar-refractivity contribution >= 4 is 33.3 Å². The number of rotatable bonds is 3. The smallest absolute Gasteiger partial charge is 0.244 e. The molecule has 0 N–H and O–H groups in total. The van der Waals surface area contributed by atoms with Crippen LogP contribution in [-0.4, -0.2) is 47.7 Å². The molecule has 0 radical (unpaired) electrons. The molecule has 1 atom stereocenters. The Kier molecular flexibility index (Phi) is 3.82. The fourth-order valence-electron chi connectivity index (χ4n) is 1.94. The first kappa shape index (κ1) is 13.2. The summed E-state index contributed by atoms with van der Waals surface area (Å²) in [5.41, 5.74) is 0. The lowest BCUT2D eigenvalue weighted by Gasteiger charge is -2.25. The normalized spacial score (nSPS) is 21.7. The van der Waals surface area contributed by atoms with Crippen LogP contribution in [-0.2, 0) is 14.6 Å². The molecule has 0 aromatic carbocycles. The van der Waals surface area contributed by atoms with E-state index in [0.717, 1.165) is 0 Å². The van der Waals surface area contributed by atoms with Gasteiger partial charge in [0.2, 0.25) is 11.9 Å². The second-order valence-electron chi connectivity index (χ2n) is 4.00. The highest BCUT2D eigenvalue weighted by Crippen LogP contribution is 2.21. The van der Waals surface area contributed by atoms with Crippen LogP contribution in [0.2, 0.25) is 0 Å². The van der Waals surface area contributed by atoms with Crippen molar-refractivity contribution in [2.24, 2.45) is 0 Å². The summed E-state index contributed by atoms with van der Waals surface area (Å²) in [6.07, 6.45) is 3.39. The largest absolute Gasteiger partial charge is 0.275 e. The van der Waals surface area contributed by atoms with Crippen molar-refractivity contribution in [3.63, 3.8) is 0 Å². The third-order valence-electron chi connectivity index (χ3n) is 2.72. The van der Waals surface area contributed by atoms with Crippen molar-refractivity contribution < 1.29 is 13.2 Å². The van der Waals surface area contributed by atoms with Crippen LogP contribution in [0, 0.1) is 0 Å². The van der Waals surface area contributed by atoms with Crippen LogP contribution in [0.25, 0.3) is 0 Å². The van der Waals surface area contributed by atoms with E-state index in [-0.39, 0.29) is 29.2 Å². The standard InChI is InChI=1S/C10H12ClN3O3S/c11-6-9(15)14(10-12-3-1-4-13-10)8-2-5-18(16,17)7-8/h1,3-4,8H,2,5-7H2/t8-/m1/s1. The highest BCUT2D eigenvalue weighted by molar-refractivity contribution is 7.91. The molecule has 0 aliphatic carbocycles. The lowest BCUT2D eigenvalue weighted by Crippen LogP contribution is -2.43. The van der Waals surface area contributed by atoms with E-state index < -0.39 is 15.9 Å². The molecule has 0 bridgehead atoms. The molecule has 18 heavy (non-hydrogen) atoms. The number of amides is 1. The highest BCUT2D eigenvalue weighted by Gasteiger charge is 2.36. The lowest BCUT2D eigenvalue weighted by molar-refractivity contribution is -0.116. The zero-order chi connectivity index (χ0) is 13.2. The van der Waals surface area contributed by atoms with E-state index in [4.69, 9.17) is 11.6 Å². The Hall–Kier alpha value is -1.21. The number of alkyl halides is 1. The van der Waals surface area contributed by atoms with Crippen LogP contribution >= 0.6 is 11.6 Å². The molecule has 1 amide bonds. The molecule has 1 aliphatic heterocycles. The van der Waals surface area contributed by atoms with Crippen LogP contribution in [0.4, 0.5) is 5.95 Å². The molecule has 6 nitrogen and oxygen atoms in total. The Bertz CT molecular complexity index is 535. The van der Waals surface area contributed by atoms with E-state index in [0.29, 0.717) is 6.42 Å². The molecule has 1 aliphatic rings. The number of nitrogens with zero attached hydrogens (tertiary/aromatic N) is 3. The van der Waals surface area contributed by atoms with Gasteiger partial charge < -0.3 is 0 Å². The van der Waals surface area contributed by atoms with Crippen LogP contribution in [0.15, 0.2) is 18.5 Å². The summed E-state index contributed by atoms with van der Waals surface area (Å²) in [7, 11) is -3.08. The third kappa shape index (κ3) is 2.78. The highest BCUT2D eigenvalue weighted by atomic mass is 35.5. The van der Waals surface area contributed by atoms with E-state index >= 15 is 0 Å². The Morgan fingerprint density at radius 2 is 2.11 bits per heavy atom. The van der Waals surface area contributed by atoms with Gasteiger partial charge in [-0.2, -0.15) is 0 Å². The monoisotopic (exact) mass is 289 g/mol. The third-order valence-corrected chi connectivity index (χ3v) is 4.70. The van der Waals surface area contributed by atoms with E-state index in [1.165, 1.54) is 17.3 Å². The molecule has 1 saturated heterocycles. The average Bonchev–Trinajstić information content (AvgIpc) is 2.71. The number of aromatic nitrogens is 2. The zero-order valence-electron chi connectivity index (χ0n) is 9.49. The molecule has 2 heterocycles. The summed E-state index contributed by atoms with van der Waals surface area (Å²) in [6, 6.07) is 1.20. The molecule has 8 heteroatoms. The maximum Gasteiger partial charge on any atom is 0.244 e. The van der Waals surface area contributed by atoms with Crippen molar-refractivity contribution in [3.05, 3.63) is 18.5 Å². The fraction of sp³-hybridized carbons (Fsp3) is 0.500. The summed E-state index contributed by atoms with van der Waals surface area (Å²) in [4.78, 5) is 21.1. The van der Waals surface area contributed by atoms with Gasteiger partial charge in [0.1, 0.15) is 5.88 Å². The lowest BCUT2D eigenvalue weighted by atomic mass is 10.2. The average molecular weight is 290 g/mol. The van der Waals surface area contributed by atoms with Gasteiger partial charge in [-0.3, -0.25) is 9.69 Å². The molecular weight excluding hydrogens is 278 g/mol. The van der Waals surface area contributed by atoms with Gasteiger partial charge in [-0.1, -0.05) is 0 Å². The van der Waals surface area contributed by atoms with Crippen LogP contribution in [0.5, 0.6) is 0 Å². The number of carbonyl (C=O) groups is 1. The minimum Gasteiger partial charge on any atom is -0.275 e. The van der Waals surface area contributed by atoms with Crippen molar-refractivity contribution in [2.75, 3.05) is 22.3 Å². The Labute approximate surface area is 110 Å². The molecule has 1 aromatic rings. The van der Waals surface area contributed by atoms with Crippen molar-refractivity contribution in [2.45, 2.75) is 12.5 Å². The quantitative estimate of drug-likeness (QED) is 0.745. The number of anilines is 1. The second-order valence-corrected chi connectivity index (χ2v) is 6.50. The van der Waals surface area contributed by atoms with Gasteiger partial charge >= 0.3 is 0 Å². The molecule has 98 valence electrons. The van der Waals surface area contributed by atoms with Gasteiger partial charge in [0.05, 0.1) is 17.5 Å². The molecule has 0 spiro atoms. The Balaban J connectivity index is 2.30. The Morgan fingerprint density at radius 3 is 2.61 bits per heavy atom. The maximum atomic E-state index is 11.8. The van der Waals surface area contributed by atoms with E-state index in [1.54, 1.807) is 6.07 Å². The second kappa shape index (κ2) is 5.19. The first-order valence-electron chi connectivity index (χ1n) is 5.39. The van der Waals surface area contributed by atoms with Crippen molar-refractivity contribution in [1.82, 2.24) is 9.97 Å². The van der Waals surface area contributed by atoms with Gasteiger partial charge in [-0.05, 0) is 12.5 Å². The first-order valence-corrected chi connectivity index (χ1v) is 7.74. The maximum absolute atomic E-state index is 11.8. The minimum atomic E-state index is -3.08. The van der Waals surface area contributed by atoms with E-state index in [9.17, 15) is 13.2 Å². The number of hydrogen-bond donors (Lipinski definition) is 0. The molecule has 0 saturated carbocycles. The molecule has 1 aromatic heterocycles. The predicted octanol–water partition coefficient (Wildman–Crippen LogP) is 0.236. The summed E-state index contributed by atoms with van der Waals surface area (Å²) < 4.78 is 23.0. The number of carbonyl (C=O) groups excluding carboxylic acids is 1. The summed E-state index contributed by atoms with van der Waals surface area (Å²) in [6.45, 7) is 0. The minimum absolute atomic E-state index is 0.0616. The number of sulfone groups is 1. The van der Waals surface area contributed by atoms with Gasteiger partial charge in [0.15, 0.2) is 9.84 Å². The van der Waals surface area contributed by atoms with Gasteiger partial charge in [-0.15, -0.1) is 11.6 Å². The predicted molar refractivity (Wildman–Crippen MR) is 67.3 cm³/mol. The molecular formula is C10H12ClN3O3S. The van der Waals surface area contributed by atoms with Crippen LogP contribution < -0.4 is 4.90 Å². The first-order chi connectivity index (χ1) is 8.53. The van der Waals surface area contributed by atoms with Gasteiger partial charge in [-0.25, -0.2) is 18.4 Å². The summed E-state index contributed by atoms with van der Waals surface area (Å²) in [5, 5.41) is 0. The number of hydrogen-bond acceptors (Lipinski definition) is 5. The Morgan fingerprint density at radius 1 is 1.44 bits per heavy atom. The van der Waals surface area contributed by atoms with Gasteiger partial charge in [0, 0.05) is 12.4 Å². The molecule has 2 rings (SSSR count).